The van der Waals surface area contributed by atoms with Crippen LogP contribution in [-0.4, -0.2) is 19.3 Å². The number of rotatable bonds is 3. The van der Waals surface area contributed by atoms with Gasteiger partial charge >= 0.3 is 0 Å². The van der Waals surface area contributed by atoms with Crippen LogP contribution in [0.1, 0.15) is 13.8 Å². The van der Waals surface area contributed by atoms with E-state index in [2.05, 4.69) is 5.32 Å². The first-order valence-electron chi connectivity index (χ1n) is 2.56. The zero-order valence-corrected chi connectivity index (χ0v) is 4.87. The second-order valence-corrected chi connectivity index (χ2v) is 1.80. The standard InChI is InChI=1S/C5H12FN/c1-5(2)7-4-3-6/h5,7H,3-4H2,1-2H3. The molecule has 0 unspecified atom stereocenters. The Morgan fingerprint density at radius 1 is 1.57 bits per heavy atom. The molecule has 0 aromatic carbocycles. The van der Waals surface area contributed by atoms with Crippen LogP contribution in [0.4, 0.5) is 4.39 Å². The normalized spacial score (nSPS) is 10.3. The first-order valence-corrected chi connectivity index (χ1v) is 2.56. The highest BCUT2D eigenvalue weighted by Crippen LogP contribution is 1.73. The van der Waals surface area contributed by atoms with Gasteiger partial charge in [-0.2, -0.15) is 0 Å². The first-order chi connectivity index (χ1) is 3.27. The van der Waals surface area contributed by atoms with Crippen molar-refractivity contribution in [3.8, 4) is 0 Å². The van der Waals surface area contributed by atoms with Gasteiger partial charge in [0.25, 0.3) is 0 Å². The highest BCUT2D eigenvalue weighted by atomic mass is 19.1. The molecule has 0 radical (unpaired) electrons. The Kier molecular flexibility index (Phi) is 4.00. The number of hydrogen-bond acceptors (Lipinski definition) is 1. The summed E-state index contributed by atoms with van der Waals surface area (Å²) in [4.78, 5) is 0. The van der Waals surface area contributed by atoms with Crippen molar-refractivity contribution >= 4 is 0 Å². The van der Waals surface area contributed by atoms with Crippen LogP contribution in [0.25, 0.3) is 0 Å². The summed E-state index contributed by atoms with van der Waals surface area (Å²) in [7, 11) is 0. The fraction of sp³-hybridized carbons (Fsp3) is 1.00. The van der Waals surface area contributed by atoms with E-state index in [0.717, 1.165) is 0 Å². The van der Waals surface area contributed by atoms with Gasteiger partial charge in [-0.15, -0.1) is 0 Å². The van der Waals surface area contributed by atoms with E-state index >= 15 is 0 Å². The average Bonchev–Trinajstić information content (AvgIpc) is 1.61. The molecule has 0 aromatic rings. The van der Waals surface area contributed by atoms with Crippen LogP contribution in [0.5, 0.6) is 0 Å². The van der Waals surface area contributed by atoms with Crippen LogP contribution >= 0.6 is 0 Å². The number of hydrogen-bond donors (Lipinski definition) is 1. The van der Waals surface area contributed by atoms with Crippen LogP contribution in [0.15, 0.2) is 0 Å². The van der Waals surface area contributed by atoms with Gasteiger partial charge in [0.05, 0.1) is 0 Å². The lowest BCUT2D eigenvalue weighted by Crippen LogP contribution is -2.24. The molecular weight excluding hydrogens is 93.1 g/mol. The first kappa shape index (κ1) is 6.89. The van der Waals surface area contributed by atoms with E-state index in [0.29, 0.717) is 12.6 Å². The van der Waals surface area contributed by atoms with Gasteiger partial charge in [-0.1, -0.05) is 13.8 Å². The van der Waals surface area contributed by atoms with E-state index in [1.807, 2.05) is 13.8 Å². The fourth-order valence-corrected chi connectivity index (χ4v) is 0.343. The van der Waals surface area contributed by atoms with Crippen molar-refractivity contribution in [2.45, 2.75) is 19.9 Å². The minimum atomic E-state index is -0.266. The summed E-state index contributed by atoms with van der Waals surface area (Å²) in [5.41, 5.74) is 0. The Morgan fingerprint density at radius 3 is 2.29 bits per heavy atom. The van der Waals surface area contributed by atoms with E-state index in [9.17, 15) is 4.39 Å². The van der Waals surface area contributed by atoms with Crippen molar-refractivity contribution in [3.63, 3.8) is 0 Å². The summed E-state index contributed by atoms with van der Waals surface area (Å²) in [5.74, 6) is 0. The molecule has 1 nitrogen and oxygen atoms in total. The second-order valence-electron chi connectivity index (χ2n) is 1.80. The minimum absolute atomic E-state index is 0.266. The van der Waals surface area contributed by atoms with E-state index in [-0.39, 0.29) is 6.67 Å². The number of halogens is 1. The largest absolute Gasteiger partial charge is 0.312 e. The maximum absolute atomic E-state index is 11.3. The van der Waals surface area contributed by atoms with Crippen LogP contribution in [0, 0.1) is 0 Å². The Hall–Kier alpha value is -0.110. The van der Waals surface area contributed by atoms with Crippen molar-refractivity contribution in [3.05, 3.63) is 0 Å². The van der Waals surface area contributed by atoms with Crippen LogP contribution < -0.4 is 5.32 Å². The molecule has 0 aliphatic rings. The summed E-state index contributed by atoms with van der Waals surface area (Å²) in [6.45, 7) is 4.21. The Balaban J connectivity index is 2.68. The summed E-state index contributed by atoms with van der Waals surface area (Å²) >= 11 is 0. The van der Waals surface area contributed by atoms with Crippen LogP contribution in [0.2, 0.25) is 0 Å². The van der Waals surface area contributed by atoms with Gasteiger partial charge in [-0.05, 0) is 0 Å². The molecule has 0 spiro atoms. The molecule has 0 fully saturated rings. The molecule has 0 bridgehead atoms. The molecule has 44 valence electrons. The lowest BCUT2D eigenvalue weighted by molar-refractivity contribution is 0.448. The minimum Gasteiger partial charge on any atom is -0.312 e. The van der Waals surface area contributed by atoms with Gasteiger partial charge in [0, 0.05) is 12.6 Å². The highest BCUT2D eigenvalue weighted by Gasteiger charge is 1.86. The molecule has 0 amide bonds. The van der Waals surface area contributed by atoms with E-state index in [4.69, 9.17) is 0 Å². The van der Waals surface area contributed by atoms with E-state index < -0.39 is 0 Å². The third kappa shape index (κ3) is 5.89. The van der Waals surface area contributed by atoms with E-state index in [1.165, 1.54) is 0 Å². The predicted octanol–water partition coefficient (Wildman–Crippen LogP) is 0.954. The number of nitrogens with one attached hydrogen (secondary N) is 1. The second kappa shape index (κ2) is 4.06. The summed E-state index contributed by atoms with van der Waals surface area (Å²) in [5, 5.41) is 2.92. The van der Waals surface area contributed by atoms with Gasteiger partial charge in [-0.25, -0.2) is 4.39 Å². The van der Waals surface area contributed by atoms with Gasteiger partial charge in [0.1, 0.15) is 6.67 Å². The molecule has 1 N–H and O–H groups in total. The maximum atomic E-state index is 11.3. The predicted molar refractivity (Wildman–Crippen MR) is 29.1 cm³/mol. The maximum Gasteiger partial charge on any atom is 0.102 e. The Labute approximate surface area is 43.9 Å². The molecule has 0 atom stereocenters. The van der Waals surface area contributed by atoms with Crippen molar-refractivity contribution in [2.24, 2.45) is 0 Å². The highest BCUT2D eigenvalue weighted by molar-refractivity contribution is 4.49. The van der Waals surface area contributed by atoms with Crippen LogP contribution in [-0.2, 0) is 0 Å². The molecule has 0 rings (SSSR count). The Morgan fingerprint density at radius 2 is 2.14 bits per heavy atom. The van der Waals surface area contributed by atoms with Gasteiger partial charge in [0.2, 0.25) is 0 Å². The monoisotopic (exact) mass is 105 g/mol. The lowest BCUT2D eigenvalue weighted by atomic mass is 10.4. The molecule has 0 aromatic heterocycles. The quantitative estimate of drug-likeness (QED) is 0.563. The van der Waals surface area contributed by atoms with Crippen molar-refractivity contribution in [1.29, 1.82) is 0 Å². The van der Waals surface area contributed by atoms with Crippen molar-refractivity contribution in [1.82, 2.24) is 5.32 Å². The summed E-state index contributed by atoms with van der Waals surface area (Å²) in [6.07, 6.45) is 0. The third-order valence-electron chi connectivity index (χ3n) is 0.647. The molecular formula is C5H12FN. The summed E-state index contributed by atoms with van der Waals surface area (Å²) in [6, 6.07) is 0.413. The SMILES string of the molecule is CC(C)NCCF. The Bertz CT molecular complexity index is 37.1. The topological polar surface area (TPSA) is 12.0 Å². The average molecular weight is 105 g/mol. The van der Waals surface area contributed by atoms with Crippen molar-refractivity contribution in [2.75, 3.05) is 13.2 Å². The summed E-state index contributed by atoms with van der Waals surface area (Å²) < 4.78 is 11.3. The molecule has 0 aliphatic heterocycles. The van der Waals surface area contributed by atoms with Gasteiger partial charge in [0.15, 0.2) is 0 Å². The van der Waals surface area contributed by atoms with E-state index in [1.54, 1.807) is 0 Å². The van der Waals surface area contributed by atoms with Gasteiger partial charge < -0.3 is 5.32 Å². The molecule has 7 heavy (non-hydrogen) atoms. The molecule has 0 heterocycles. The number of alkyl halides is 1. The molecule has 2 heteroatoms. The zero-order valence-electron chi connectivity index (χ0n) is 4.87. The van der Waals surface area contributed by atoms with Gasteiger partial charge in [-0.3, -0.25) is 0 Å². The third-order valence-corrected chi connectivity index (χ3v) is 0.647. The molecule has 0 saturated heterocycles. The fourth-order valence-electron chi connectivity index (χ4n) is 0.343. The molecule has 0 aliphatic carbocycles. The van der Waals surface area contributed by atoms with Crippen LogP contribution in [0.3, 0.4) is 0 Å². The molecule has 0 saturated carbocycles. The smallest absolute Gasteiger partial charge is 0.102 e. The lowest BCUT2D eigenvalue weighted by Gasteiger charge is -2.02. The zero-order chi connectivity index (χ0) is 5.70. The van der Waals surface area contributed by atoms with Crippen molar-refractivity contribution < 1.29 is 4.39 Å².